The maximum Gasteiger partial charge on any atom is 0.375 e. The Morgan fingerprint density at radius 1 is 1.29 bits per heavy atom. The second-order valence-electron chi connectivity index (χ2n) is 3.88. The molecule has 0 aliphatic carbocycles. The van der Waals surface area contributed by atoms with Crippen LogP contribution in [0.3, 0.4) is 0 Å². The first-order valence-electron chi connectivity index (χ1n) is 5.48. The zero-order valence-electron chi connectivity index (χ0n) is 10.2. The van der Waals surface area contributed by atoms with Crippen molar-refractivity contribution in [3.8, 4) is 0 Å². The summed E-state index contributed by atoms with van der Waals surface area (Å²) in [7, 11) is 0. The van der Waals surface area contributed by atoms with Crippen LogP contribution in [0, 0.1) is 5.92 Å². The molecule has 94 valence electrons. The van der Waals surface area contributed by atoms with E-state index in [9.17, 15) is 9.59 Å². The summed E-state index contributed by atoms with van der Waals surface area (Å²) >= 11 is 0. The van der Waals surface area contributed by atoms with E-state index in [1.165, 1.54) is 12.3 Å². The minimum atomic E-state index is -0.658. The first-order valence-corrected chi connectivity index (χ1v) is 5.48. The van der Waals surface area contributed by atoms with Crippen molar-refractivity contribution in [2.24, 2.45) is 5.92 Å². The number of esters is 2. The van der Waals surface area contributed by atoms with Crippen molar-refractivity contribution in [3.05, 3.63) is 23.7 Å². The molecule has 0 aliphatic heterocycles. The van der Waals surface area contributed by atoms with Crippen molar-refractivity contribution in [1.82, 2.24) is 0 Å². The van der Waals surface area contributed by atoms with Gasteiger partial charge in [-0.2, -0.15) is 0 Å². The maximum atomic E-state index is 11.6. The molecular weight excluding hydrogens is 224 g/mol. The van der Waals surface area contributed by atoms with Crippen LogP contribution in [0.2, 0.25) is 0 Å². The lowest BCUT2D eigenvalue weighted by atomic mass is 10.2. The third-order valence-electron chi connectivity index (χ3n) is 1.89. The third kappa shape index (κ3) is 3.62. The van der Waals surface area contributed by atoms with E-state index in [1.54, 1.807) is 6.92 Å². The summed E-state index contributed by atoms with van der Waals surface area (Å²) in [6.07, 6.45) is 1.26. The molecule has 17 heavy (non-hydrogen) atoms. The zero-order valence-corrected chi connectivity index (χ0v) is 10.2. The van der Waals surface area contributed by atoms with Gasteiger partial charge in [-0.25, -0.2) is 9.59 Å². The van der Waals surface area contributed by atoms with Gasteiger partial charge in [0, 0.05) is 0 Å². The summed E-state index contributed by atoms with van der Waals surface area (Å²) in [6, 6.07) is 1.40. The Morgan fingerprint density at radius 2 is 2.00 bits per heavy atom. The number of rotatable bonds is 5. The molecule has 0 saturated carbocycles. The molecule has 0 saturated heterocycles. The van der Waals surface area contributed by atoms with E-state index in [0.717, 1.165) is 0 Å². The lowest BCUT2D eigenvalue weighted by molar-refractivity contribution is 0.0419. The van der Waals surface area contributed by atoms with Gasteiger partial charge in [0.1, 0.15) is 5.56 Å². The summed E-state index contributed by atoms with van der Waals surface area (Å²) in [5.74, 6) is -1.11. The van der Waals surface area contributed by atoms with Gasteiger partial charge in [0.25, 0.3) is 0 Å². The van der Waals surface area contributed by atoms with Crippen molar-refractivity contribution in [2.45, 2.75) is 20.8 Å². The van der Waals surface area contributed by atoms with Crippen molar-refractivity contribution in [2.75, 3.05) is 13.2 Å². The van der Waals surface area contributed by atoms with Gasteiger partial charge >= 0.3 is 11.9 Å². The molecule has 1 aromatic heterocycles. The van der Waals surface area contributed by atoms with Gasteiger partial charge in [-0.15, -0.1) is 0 Å². The number of furan rings is 1. The van der Waals surface area contributed by atoms with Gasteiger partial charge in [0.05, 0.1) is 19.5 Å². The van der Waals surface area contributed by atoms with Gasteiger partial charge in [0.2, 0.25) is 5.76 Å². The van der Waals surface area contributed by atoms with E-state index in [0.29, 0.717) is 6.61 Å². The Labute approximate surface area is 99.7 Å². The summed E-state index contributed by atoms with van der Waals surface area (Å²) in [6.45, 7) is 6.05. The second kappa shape index (κ2) is 6.08. The molecule has 0 N–H and O–H groups in total. The van der Waals surface area contributed by atoms with E-state index in [4.69, 9.17) is 13.9 Å². The third-order valence-corrected chi connectivity index (χ3v) is 1.89. The average molecular weight is 240 g/mol. The Kier molecular flexibility index (Phi) is 4.75. The summed E-state index contributed by atoms with van der Waals surface area (Å²) in [5, 5.41) is 0. The molecule has 0 unspecified atom stereocenters. The minimum Gasteiger partial charge on any atom is -0.462 e. The molecule has 1 aromatic rings. The maximum absolute atomic E-state index is 11.6. The molecule has 1 rings (SSSR count). The molecule has 0 aromatic carbocycles. The normalized spacial score (nSPS) is 10.4. The Morgan fingerprint density at radius 3 is 2.59 bits per heavy atom. The highest BCUT2D eigenvalue weighted by molar-refractivity contribution is 6.01. The van der Waals surface area contributed by atoms with E-state index < -0.39 is 11.9 Å². The minimum absolute atomic E-state index is 0.101. The van der Waals surface area contributed by atoms with E-state index >= 15 is 0 Å². The molecule has 5 heteroatoms. The summed E-state index contributed by atoms with van der Waals surface area (Å²) in [5.41, 5.74) is 0.101. The zero-order chi connectivity index (χ0) is 12.8. The summed E-state index contributed by atoms with van der Waals surface area (Å²) in [4.78, 5) is 23.1. The van der Waals surface area contributed by atoms with Gasteiger partial charge in [0.15, 0.2) is 0 Å². The Hall–Kier alpha value is -1.78. The molecule has 0 spiro atoms. The molecule has 0 atom stereocenters. The molecule has 1 heterocycles. The van der Waals surface area contributed by atoms with Gasteiger partial charge in [-0.05, 0) is 18.9 Å². The molecule has 0 radical (unpaired) electrons. The van der Waals surface area contributed by atoms with Crippen LogP contribution in [0.5, 0.6) is 0 Å². The van der Waals surface area contributed by atoms with E-state index in [-0.39, 0.29) is 23.8 Å². The van der Waals surface area contributed by atoms with Crippen molar-refractivity contribution < 1.29 is 23.5 Å². The highest BCUT2D eigenvalue weighted by Gasteiger charge is 2.23. The SMILES string of the molecule is CCOC(=O)c1occc1C(=O)OCC(C)C. The number of hydrogen-bond donors (Lipinski definition) is 0. The smallest absolute Gasteiger partial charge is 0.375 e. The predicted octanol–water partition coefficient (Wildman–Crippen LogP) is 2.27. The van der Waals surface area contributed by atoms with Crippen LogP contribution in [0.1, 0.15) is 41.7 Å². The van der Waals surface area contributed by atoms with Crippen LogP contribution in [-0.2, 0) is 9.47 Å². The molecule has 0 fully saturated rings. The molecular formula is C12H16O5. The number of hydrogen-bond acceptors (Lipinski definition) is 5. The fourth-order valence-electron chi connectivity index (χ4n) is 1.14. The van der Waals surface area contributed by atoms with Gasteiger partial charge in [-0.1, -0.05) is 13.8 Å². The second-order valence-corrected chi connectivity index (χ2v) is 3.88. The van der Waals surface area contributed by atoms with Crippen molar-refractivity contribution in [1.29, 1.82) is 0 Å². The fourth-order valence-corrected chi connectivity index (χ4v) is 1.14. The monoisotopic (exact) mass is 240 g/mol. The predicted molar refractivity (Wildman–Crippen MR) is 59.8 cm³/mol. The highest BCUT2D eigenvalue weighted by Crippen LogP contribution is 2.14. The van der Waals surface area contributed by atoms with Gasteiger partial charge in [-0.3, -0.25) is 0 Å². The average Bonchev–Trinajstić information content (AvgIpc) is 2.75. The molecule has 0 amide bonds. The first-order chi connectivity index (χ1) is 8.06. The molecule has 0 aliphatic rings. The topological polar surface area (TPSA) is 65.7 Å². The van der Waals surface area contributed by atoms with Crippen LogP contribution in [-0.4, -0.2) is 25.2 Å². The quantitative estimate of drug-likeness (QED) is 0.738. The first kappa shape index (κ1) is 13.3. The van der Waals surface area contributed by atoms with Crippen LogP contribution in [0.15, 0.2) is 16.7 Å². The van der Waals surface area contributed by atoms with Crippen molar-refractivity contribution >= 4 is 11.9 Å². The number of carbonyl (C=O) groups is 2. The lowest BCUT2D eigenvalue weighted by Crippen LogP contribution is -2.14. The largest absolute Gasteiger partial charge is 0.462 e. The number of carbonyl (C=O) groups excluding carboxylic acids is 2. The standard InChI is InChI=1S/C12H16O5/c1-4-15-12(14)10-9(5-6-16-10)11(13)17-7-8(2)3/h5-6,8H,4,7H2,1-3H3. The van der Waals surface area contributed by atoms with Crippen LogP contribution < -0.4 is 0 Å². The highest BCUT2D eigenvalue weighted by atomic mass is 16.5. The van der Waals surface area contributed by atoms with Crippen LogP contribution in [0.25, 0.3) is 0 Å². The molecule has 0 bridgehead atoms. The van der Waals surface area contributed by atoms with Crippen LogP contribution >= 0.6 is 0 Å². The number of ether oxygens (including phenoxy) is 2. The Bertz CT molecular complexity index is 391. The summed E-state index contributed by atoms with van der Waals surface area (Å²) < 4.78 is 14.7. The Balaban J connectivity index is 2.74. The van der Waals surface area contributed by atoms with E-state index in [1.807, 2.05) is 13.8 Å². The fraction of sp³-hybridized carbons (Fsp3) is 0.500. The van der Waals surface area contributed by atoms with Crippen LogP contribution in [0.4, 0.5) is 0 Å². The van der Waals surface area contributed by atoms with Crippen molar-refractivity contribution in [3.63, 3.8) is 0 Å². The van der Waals surface area contributed by atoms with Gasteiger partial charge < -0.3 is 13.9 Å². The molecule has 5 nitrogen and oxygen atoms in total. The lowest BCUT2D eigenvalue weighted by Gasteiger charge is -2.06. The van der Waals surface area contributed by atoms with E-state index in [2.05, 4.69) is 0 Å².